The summed E-state index contributed by atoms with van der Waals surface area (Å²) in [6, 6.07) is 20.6. The molecule has 0 aromatic heterocycles. The number of carbonyl (C=O) groups excluding carboxylic acids is 1. The Morgan fingerprint density at radius 1 is 0.962 bits per heavy atom. The maximum absolute atomic E-state index is 12.1. The van der Waals surface area contributed by atoms with Crippen molar-refractivity contribution in [1.29, 1.82) is 0 Å². The molecular formula is C22H22N2OS. The van der Waals surface area contributed by atoms with E-state index >= 15 is 0 Å². The van der Waals surface area contributed by atoms with Crippen molar-refractivity contribution >= 4 is 40.0 Å². The van der Waals surface area contributed by atoms with Crippen LogP contribution in [0.3, 0.4) is 0 Å². The molecule has 3 aromatic carbocycles. The van der Waals surface area contributed by atoms with Gasteiger partial charge in [0, 0.05) is 21.7 Å². The van der Waals surface area contributed by atoms with Crippen LogP contribution in [0.4, 0.5) is 11.4 Å². The van der Waals surface area contributed by atoms with Crippen LogP contribution >= 0.6 is 11.9 Å². The lowest BCUT2D eigenvalue weighted by Crippen LogP contribution is -2.21. The van der Waals surface area contributed by atoms with Gasteiger partial charge in [-0.2, -0.15) is 0 Å². The third kappa shape index (κ3) is 3.42. The fraction of sp³-hybridized carbons (Fsp3) is 0.227. The van der Waals surface area contributed by atoms with Gasteiger partial charge in [0.2, 0.25) is 5.91 Å². The van der Waals surface area contributed by atoms with Gasteiger partial charge in [0.15, 0.2) is 0 Å². The Morgan fingerprint density at radius 2 is 1.65 bits per heavy atom. The molecule has 3 nitrogen and oxygen atoms in total. The van der Waals surface area contributed by atoms with E-state index in [4.69, 9.17) is 0 Å². The first kappa shape index (κ1) is 17.0. The van der Waals surface area contributed by atoms with Crippen molar-refractivity contribution in [2.75, 3.05) is 10.0 Å². The molecule has 0 bridgehead atoms. The molecule has 0 atom stereocenters. The Bertz CT molecular complexity index is 962. The van der Waals surface area contributed by atoms with Crippen molar-refractivity contribution in [2.24, 2.45) is 5.41 Å². The maximum Gasteiger partial charge on any atom is 0.230 e. The molecule has 1 fully saturated rings. The van der Waals surface area contributed by atoms with Crippen LogP contribution in [-0.4, -0.2) is 5.91 Å². The van der Waals surface area contributed by atoms with Gasteiger partial charge in [0.25, 0.3) is 0 Å². The van der Waals surface area contributed by atoms with Crippen LogP contribution in [0.25, 0.3) is 10.8 Å². The molecule has 0 saturated heterocycles. The van der Waals surface area contributed by atoms with E-state index in [1.165, 1.54) is 21.2 Å². The summed E-state index contributed by atoms with van der Waals surface area (Å²) in [5.41, 5.74) is 2.96. The van der Waals surface area contributed by atoms with Crippen LogP contribution < -0.4 is 10.0 Å². The summed E-state index contributed by atoms with van der Waals surface area (Å²) in [6.07, 6.45) is 1.97. The Hall–Kier alpha value is -2.46. The average molecular weight is 362 g/mol. The molecule has 1 aliphatic rings. The van der Waals surface area contributed by atoms with E-state index < -0.39 is 0 Å². The third-order valence-electron chi connectivity index (χ3n) is 5.04. The van der Waals surface area contributed by atoms with E-state index in [2.05, 4.69) is 53.4 Å². The highest BCUT2D eigenvalue weighted by molar-refractivity contribution is 8.00. The molecule has 26 heavy (non-hydrogen) atoms. The minimum absolute atomic E-state index is 0.124. The number of anilines is 2. The van der Waals surface area contributed by atoms with Gasteiger partial charge in [0.05, 0.1) is 0 Å². The van der Waals surface area contributed by atoms with Crippen LogP contribution in [0.1, 0.15) is 25.3 Å². The highest BCUT2D eigenvalue weighted by Crippen LogP contribution is 2.45. The first-order chi connectivity index (χ1) is 12.5. The number of hydrogen-bond acceptors (Lipinski definition) is 3. The summed E-state index contributed by atoms with van der Waals surface area (Å²) >= 11 is 1.63. The Balaban J connectivity index is 1.45. The van der Waals surface area contributed by atoms with Gasteiger partial charge in [-0.15, -0.1) is 0 Å². The molecule has 3 aromatic rings. The predicted molar refractivity (Wildman–Crippen MR) is 111 cm³/mol. The zero-order valence-corrected chi connectivity index (χ0v) is 15.8. The maximum atomic E-state index is 12.1. The molecule has 1 saturated carbocycles. The lowest BCUT2D eigenvalue weighted by atomic mass is 10.1. The van der Waals surface area contributed by atoms with E-state index in [1.807, 2.05) is 31.2 Å². The van der Waals surface area contributed by atoms with E-state index in [0.717, 1.165) is 24.2 Å². The highest BCUT2D eigenvalue weighted by Gasteiger charge is 2.44. The standard InChI is InChI=1S/C22H22N2OS/c1-15-7-8-16-5-3-4-6-19(16)20(15)26-24-18-11-9-17(10-12-18)23-21(25)22(2)13-14-22/h3-12,24H,13-14H2,1-2H3,(H,23,25). The van der Waals surface area contributed by atoms with Crippen molar-refractivity contribution in [3.8, 4) is 0 Å². The number of benzene rings is 3. The highest BCUT2D eigenvalue weighted by atomic mass is 32.2. The van der Waals surface area contributed by atoms with Gasteiger partial charge in [-0.1, -0.05) is 43.3 Å². The number of carbonyl (C=O) groups is 1. The van der Waals surface area contributed by atoms with Gasteiger partial charge in [-0.05, 0) is 72.3 Å². The van der Waals surface area contributed by atoms with Gasteiger partial charge < -0.3 is 10.0 Å². The normalized spacial score (nSPS) is 14.8. The van der Waals surface area contributed by atoms with E-state index in [1.54, 1.807) is 11.9 Å². The minimum atomic E-state index is -0.154. The van der Waals surface area contributed by atoms with Crippen molar-refractivity contribution in [3.63, 3.8) is 0 Å². The van der Waals surface area contributed by atoms with E-state index in [-0.39, 0.29) is 11.3 Å². The zero-order valence-electron chi connectivity index (χ0n) is 15.0. The van der Waals surface area contributed by atoms with Crippen molar-refractivity contribution in [1.82, 2.24) is 0 Å². The quantitative estimate of drug-likeness (QED) is 0.546. The first-order valence-corrected chi connectivity index (χ1v) is 9.70. The van der Waals surface area contributed by atoms with E-state index in [9.17, 15) is 4.79 Å². The van der Waals surface area contributed by atoms with Gasteiger partial charge in [-0.25, -0.2) is 0 Å². The smallest absolute Gasteiger partial charge is 0.230 e. The largest absolute Gasteiger partial charge is 0.326 e. The topological polar surface area (TPSA) is 41.1 Å². The molecule has 1 amide bonds. The second-order valence-electron chi connectivity index (χ2n) is 7.23. The van der Waals surface area contributed by atoms with Crippen LogP contribution in [0.5, 0.6) is 0 Å². The number of fused-ring (bicyclic) bond motifs is 1. The number of rotatable bonds is 5. The number of nitrogens with one attached hydrogen (secondary N) is 2. The Kier molecular flexibility index (Phi) is 4.37. The van der Waals surface area contributed by atoms with E-state index in [0.29, 0.717) is 0 Å². The molecular weight excluding hydrogens is 340 g/mol. The first-order valence-electron chi connectivity index (χ1n) is 8.88. The molecule has 1 aliphatic carbocycles. The third-order valence-corrected chi connectivity index (χ3v) is 6.12. The minimum Gasteiger partial charge on any atom is -0.326 e. The van der Waals surface area contributed by atoms with Crippen molar-refractivity contribution in [2.45, 2.75) is 31.6 Å². The lowest BCUT2D eigenvalue weighted by Gasteiger charge is -2.13. The van der Waals surface area contributed by atoms with Crippen LogP contribution in [0, 0.1) is 12.3 Å². The average Bonchev–Trinajstić information content (AvgIpc) is 3.41. The molecule has 132 valence electrons. The van der Waals surface area contributed by atoms with Crippen LogP contribution in [-0.2, 0) is 4.79 Å². The fourth-order valence-corrected chi connectivity index (χ4v) is 3.80. The summed E-state index contributed by atoms with van der Waals surface area (Å²) in [5, 5.41) is 5.51. The molecule has 0 heterocycles. The van der Waals surface area contributed by atoms with Crippen LogP contribution in [0.2, 0.25) is 0 Å². The molecule has 0 aliphatic heterocycles. The molecule has 2 N–H and O–H groups in total. The van der Waals surface area contributed by atoms with Crippen molar-refractivity contribution < 1.29 is 4.79 Å². The lowest BCUT2D eigenvalue weighted by molar-refractivity contribution is -0.120. The molecule has 0 radical (unpaired) electrons. The second kappa shape index (κ2) is 6.69. The summed E-state index contributed by atoms with van der Waals surface area (Å²) in [7, 11) is 0. The van der Waals surface area contributed by atoms with Crippen molar-refractivity contribution in [3.05, 3.63) is 66.2 Å². The molecule has 4 heteroatoms. The summed E-state index contributed by atoms with van der Waals surface area (Å²) in [5.74, 6) is 0.124. The predicted octanol–water partition coefficient (Wildman–Crippen LogP) is 6.01. The van der Waals surface area contributed by atoms with Gasteiger partial charge in [0.1, 0.15) is 0 Å². The second-order valence-corrected chi connectivity index (χ2v) is 8.05. The summed E-state index contributed by atoms with van der Waals surface area (Å²) < 4.78 is 3.42. The SMILES string of the molecule is Cc1ccc2ccccc2c1SNc1ccc(NC(=O)C2(C)CC2)cc1. The Morgan fingerprint density at radius 3 is 2.38 bits per heavy atom. The molecule has 4 rings (SSSR count). The number of aryl methyl sites for hydroxylation is 1. The Labute approximate surface area is 158 Å². The summed E-state index contributed by atoms with van der Waals surface area (Å²) in [6.45, 7) is 4.15. The fourth-order valence-electron chi connectivity index (χ4n) is 2.92. The molecule has 0 unspecified atom stereocenters. The number of amides is 1. The monoisotopic (exact) mass is 362 g/mol. The molecule has 0 spiro atoms. The van der Waals surface area contributed by atoms with Crippen LogP contribution in [0.15, 0.2) is 65.6 Å². The van der Waals surface area contributed by atoms with Gasteiger partial charge in [-0.3, -0.25) is 4.79 Å². The zero-order chi connectivity index (χ0) is 18.1. The summed E-state index contributed by atoms with van der Waals surface area (Å²) in [4.78, 5) is 13.4. The number of hydrogen-bond donors (Lipinski definition) is 2. The van der Waals surface area contributed by atoms with Gasteiger partial charge >= 0.3 is 0 Å².